The molecule has 0 saturated carbocycles. The molecule has 1 aliphatic heterocycles. The number of nitrogens with zero attached hydrogens (tertiary/aromatic N) is 2. The molecule has 0 bridgehead atoms. The predicted molar refractivity (Wildman–Crippen MR) is 50.3 cm³/mol. The molecule has 74 valence electrons. The minimum absolute atomic E-state index is 0.186. The van der Waals surface area contributed by atoms with Gasteiger partial charge in [0.1, 0.15) is 0 Å². The molecular formula is C9H16N2O2. The van der Waals surface area contributed by atoms with E-state index in [0.717, 1.165) is 12.8 Å². The van der Waals surface area contributed by atoms with Crippen LogP contribution in [0.25, 0.3) is 0 Å². The smallest absolute Gasteiger partial charge is 0.289 e. The molecule has 1 rings (SSSR count). The van der Waals surface area contributed by atoms with Gasteiger partial charge in [0.2, 0.25) is 0 Å². The zero-order valence-corrected chi connectivity index (χ0v) is 8.19. The largest absolute Gasteiger partial charge is 0.300 e. The maximum atomic E-state index is 10.9. The molecule has 1 aliphatic rings. The second-order valence-corrected chi connectivity index (χ2v) is 3.79. The lowest BCUT2D eigenvalue weighted by molar-refractivity contribution is -0.120. The third kappa shape index (κ3) is 2.59. The molecule has 0 spiro atoms. The van der Waals surface area contributed by atoms with Gasteiger partial charge in [0.25, 0.3) is 5.91 Å². The molecular weight excluding hydrogens is 168 g/mol. The average Bonchev–Trinajstić information content (AvgIpc) is 2.11. The van der Waals surface area contributed by atoms with Crippen LogP contribution in [-0.2, 0) is 4.79 Å². The average molecular weight is 184 g/mol. The summed E-state index contributed by atoms with van der Waals surface area (Å²) in [5.74, 6) is -0.555. The fourth-order valence-corrected chi connectivity index (χ4v) is 1.97. The maximum Gasteiger partial charge on any atom is 0.300 e. The lowest BCUT2D eigenvalue weighted by Gasteiger charge is -2.37. The van der Waals surface area contributed by atoms with Crippen LogP contribution in [-0.4, -0.2) is 29.4 Å². The normalized spacial score (nSPS) is 30.0. The van der Waals surface area contributed by atoms with Crippen molar-refractivity contribution < 1.29 is 4.79 Å². The summed E-state index contributed by atoms with van der Waals surface area (Å²) in [7, 11) is 0. The molecule has 4 heteroatoms. The van der Waals surface area contributed by atoms with E-state index < -0.39 is 5.91 Å². The minimum atomic E-state index is -0.555. The third-order valence-corrected chi connectivity index (χ3v) is 2.80. The van der Waals surface area contributed by atoms with Gasteiger partial charge in [-0.2, -0.15) is 0 Å². The molecule has 1 amide bonds. The number of nitroso groups, excluding NO2 is 1. The third-order valence-electron chi connectivity index (χ3n) is 2.80. The van der Waals surface area contributed by atoms with Crippen molar-refractivity contribution in [1.29, 1.82) is 0 Å². The van der Waals surface area contributed by atoms with Gasteiger partial charge in [0.15, 0.2) is 0 Å². The molecule has 2 atom stereocenters. The molecule has 0 aromatic rings. The van der Waals surface area contributed by atoms with E-state index in [0.29, 0.717) is 12.1 Å². The van der Waals surface area contributed by atoms with Crippen LogP contribution in [0.4, 0.5) is 0 Å². The molecule has 0 radical (unpaired) electrons. The van der Waals surface area contributed by atoms with Gasteiger partial charge in [-0.3, -0.25) is 9.69 Å². The Hall–Kier alpha value is -0.770. The number of piperidine rings is 1. The van der Waals surface area contributed by atoms with Crippen molar-refractivity contribution in [2.75, 3.05) is 6.54 Å². The van der Waals surface area contributed by atoms with Gasteiger partial charge < -0.3 is 0 Å². The zero-order valence-electron chi connectivity index (χ0n) is 8.19. The van der Waals surface area contributed by atoms with Gasteiger partial charge in [-0.15, -0.1) is 4.91 Å². The van der Waals surface area contributed by atoms with E-state index >= 15 is 0 Å². The maximum absolute atomic E-state index is 10.9. The summed E-state index contributed by atoms with van der Waals surface area (Å²) >= 11 is 0. The van der Waals surface area contributed by atoms with Gasteiger partial charge >= 0.3 is 0 Å². The zero-order chi connectivity index (χ0) is 9.84. The topological polar surface area (TPSA) is 49.7 Å². The van der Waals surface area contributed by atoms with Gasteiger partial charge in [-0.05, 0) is 26.7 Å². The molecule has 0 aromatic carbocycles. The number of rotatable bonds is 2. The Morgan fingerprint density at radius 3 is 2.38 bits per heavy atom. The number of likely N-dealkylation sites (tertiary alicyclic amines) is 1. The predicted octanol–water partition coefficient (Wildman–Crippen LogP) is 1.54. The first-order valence-corrected chi connectivity index (χ1v) is 4.77. The molecule has 0 N–H and O–H groups in total. The van der Waals surface area contributed by atoms with Crippen molar-refractivity contribution in [2.45, 2.75) is 45.2 Å². The van der Waals surface area contributed by atoms with Crippen molar-refractivity contribution in [3.05, 3.63) is 4.91 Å². The summed E-state index contributed by atoms with van der Waals surface area (Å²) in [4.78, 5) is 22.9. The number of carbonyl (C=O) groups is 1. The summed E-state index contributed by atoms with van der Waals surface area (Å²) in [6, 6.07) is 0.795. The van der Waals surface area contributed by atoms with Crippen LogP contribution in [0.1, 0.15) is 33.1 Å². The van der Waals surface area contributed by atoms with E-state index in [9.17, 15) is 9.70 Å². The van der Waals surface area contributed by atoms with Crippen LogP contribution in [0.5, 0.6) is 0 Å². The van der Waals surface area contributed by atoms with Crippen molar-refractivity contribution in [1.82, 2.24) is 4.90 Å². The number of hydrogen-bond donors (Lipinski definition) is 0. The summed E-state index contributed by atoms with van der Waals surface area (Å²) in [5.41, 5.74) is 0. The monoisotopic (exact) mass is 184 g/mol. The van der Waals surface area contributed by atoms with E-state index in [-0.39, 0.29) is 6.54 Å². The highest BCUT2D eigenvalue weighted by Crippen LogP contribution is 2.21. The van der Waals surface area contributed by atoms with Gasteiger partial charge in [-0.1, -0.05) is 6.42 Å². The minimum Gasteiger partial charge on any atom is -0.289 e. The molecule has 13 heavy (non-hydrogen) atoms. The van der Waals surface area contributed by atoms with Gasteiger partial charge in [-0.25, -0.2) is 0 Å². The Morgan fingerprint density at radius 2 is 1.92 bits per heavy atom. The Kier molecular flexibility index (Phi) is 3.54. The van der Waals surface area contributed by atoms with Crippen LogP contribution < -0.4 is 0 Å². The van der Waals surface area contributed by atoms with Crippen LogP contribution >= 0.6 is 0 Å². The molecule has 0 aliphatic carbocycles. The van der Waals surface area contributed by atoms with E-state index in [1.54, 1.807) is 0 Å². The van der Waals surface area contributed by atoms with E-state index in [2.05, 4.69) is 23.9 Å². The fraction of sp³-hybridized carbons (Fsp3) is 0.889. The summed E-state index contributed by atoms with van der Waals surface area (Å²) in [6.07, 6.45) is 3.43. The molecule has 1 fully saturated rings. The van der Waals surface area contributed by atoms with E-state index in [4.69, 9.17) is 0 Å². The second kappa shape index (κ2) is 4.46. The SMILES string of the molecule is CC1CCCC(C)N1CC(=O)N=O. The van der Waals surface area contributed by atoms with Crippen LogP contribution in [0.15, 0.2) is 5.18 Å². The molecule has 2 unspecified atom stereocenters. The summed E-state index contributed by atoms with van der Waals surface area (Å²) in [6.45, 7) is 4.37. The van der Waals surface area contributed by atoms with Crippen LogP contribution in [0.2, 0.25) is 0 Å². The quantitative estimate of drug-likeness (QED) is 0.612. The fourth-order valence-electron chi connectivity index (χ4n) is 1.97. The lowest BCUT2D eigenvalue weighted by atomic mass is 9.98. The Balaban J connectivity index is 2.53. The number of carbonyl (C=O) groups excluding carboxylic acids is 1. The lowest BCUT2D eigenvalue weighted by Crippen LogP contribution is -2.45. The number of hydrogen-bond acceptors (Lipinski definition) is 3. The van der Waals surface area contributed by atoms with Crippen molar-refractivity contribution in [2.24, 2.45) is 5.18 Å². The van der Waals surface area contributed by atoms with Crippen LogP contribution in [0.3, 0.4) is 0 Å². The first kappa shape index (κ1) is 10.3. The highest BCUT2D eigenvalue weighted by molar-refractivity contribution is 5.78. The molecule has 1 saturated heterocycles. The highest BCUT2D eigenvalue weighted by Gasteiger charge is 2.26. The molecule has 4 nitrogen and oxygen atoms in total. The summed E-state index contributed by atoms with van der Waals surface area (Å²) < 4.78 is 0. The molecule has 0 aromatic heterocycles. The van der Waals surface area contributed by atoms with Crippen molar-refractivity contribution >= 4 is 5.91 Å². The van der Waals surface area contributed by atoms with E-state index in [1.807, 2.05) is 0 Å². The van der Waals surface area contributed by atoms with Crippen molar-refractivity contribution in [3.63, 3.8) is 0 Å². The van der Waals surface area contributed by atoms with Crippen LogP contribution in [0, 0.1) is 4.91 Å². The summed E-state index contributed by atoms with van der Waals surface area (Å²) in [5, 5.41) is 2.42. The highest BCUT2D eigenvalue weighted by atomic mass is 16.3. The Labute approximate surface area is 78.3 Å². The molecule has 1 heterocycles. The second-order valence-electron chi connectivity index (χ2n) is 3.79. The number of amides is 1. The first-order valence-electron chi connectivity index (χ1n) is 4.77. The Bertz CT molecular complexity index is 196. The first-order chi connectivity index (χ1) is 6.15. The Morgan fingerprint density at radius 1 is 1.38 bits per heavy atom. The van der Waals surface area contributed by atoms with Gasteiger partial charge in [0, 0.05) is 17.3 Å². The standard InChI is InChI=1S/C9H16N2O2/c1-7-4-3-5-8(2)11(7)6-9(12)10-13/h7-8H,3-6H2,1-2H3. The van der Waals surface area contributed by atoms with Gasteiger partial charge in [0.05, 0.1) is 6.54 Å². The van der Waals surface area contributed by atoms with E-state index in [1.165, 1.54) is 6.42 Å². The van der Waals surface area contributed by atoms with Crippen molar-refractivity contribution in [3.8, 4) is 0 Å².